The van der Waals surface area contributed by atoms with Crippen molar-refractivity contribution in [3.05, 3.63) is 0 Å². The van der Waals surface area contributed by atoms with Crippen molar-refractivity contribution in [2.75, 3.05) is 12.5 Å². The van der Waals surface area contributed by atoms with E-state index in [4.69, 9.17) is 16.3 Å². The molecular formula is C14H19ClO4. The molecule has 0 aromatic heterocycles. The molecule has 0 amide bonds. The molecule has 2 bridgehead atoms. The number of esters is 2. The highest BCUT2D eigenvalue weighted by molar-refractivity contribution is 6.26. The number of halogens is 1. The average Bonchev–Trinajstić information content (AvgIpc) is 3.07. The monoisotopic (exact) mass is 286 g/mol. The number of carbonyl (C=O) groups is 2. The molecule has 19 heavy (non-hydrogen) atoms. The second-order valence-corrected chi connectivity index (χ2v) is 6.31. The van der Waals surface area contributed by atoms with Crippen LogP contribution in [0.1, 0.15) is 32.1 Å². The molecule has 3 aliphatic rings. The molecule has 0 N–H and O–H groups in total. The van der Waals surface area contributed by atoms with E-state index < -0.39 is 11.9 Å². The predicted molar refractivity (Wildman–Crippen MR) is 68.6 cm³/mol. The van der Waals surface area contributed by atoms with E-state index in [1.165, 1.54) is 19.3 Å². The van der Waals surface area contributed by atoms with Crippen LogP contribution in [0.25, 0.3) is 0 Å². The minimum atomic E-state index is -0.583. The Hall–Kier alpha value is -0.770. The van der Waals surface area contributed by atoms with Gasteiger partial charge in [0.25, 0.3) is 0 Å². The summed E-state index contributed by atoms with van der Waals surface area (Å²) in [6.45, 7) is -0.315. The van der Waals surface area contributed by atoms with Gasteiger partial charge in [-0.1, -0.05) is 0 Å². The minimum Gasteiger partial charge on any atom is -0.460 e. The van der Waals surface area contributed by atoms with Crippen molar-refractivity contribution in [1.29, 1.82) is 0 Å². The first-order valence-corrected chi connectivity index (χ1v) is 7.62. The number of hydrogen-bond donors (Lipinski definition) is 0. The van der Waals surface area contributed by atoms with Gasteiger partial charge < -0.3 is 9.47 Å². The van der Waals surface area contributed by atoms with Crippen LogP contribution in [0.15, 0.2) is 0 Å². The van der Waals surface area contributed by atoms with E-state index in [0.717, 1.165) is 36.5 Å². The largest absolute Gasteiger partial charge is 0.460 e. The summed E-state index contributed by atoms with van der Waals surface area (Å²) in [7, 11) is 0. The van der Waals surface area contributed by atoms with Crippen LogP contribution in [-0.4, -0.2) is 30.5 Å². The number of alkyl halides is 1. The molecule has 0 spiro atoms. The van der Waals surface area contributed by atoms with Crippen LogP contribution in [0.5, 0.6) is 0 Å². The number of ether oxygens (including phenoxy) is 2. The Balaban J connectivity index is 1.45. The van der Waals surface area contributed by atoms with Crippen LogP contribution in [0.3, 0.4) is 0 Å². The van der Waals surface area contributed by atoms with Gasteiger partial charge in [0, 0.05) is 0 Å². The van der Waals surface area contributed by atoms with Crippen LogP contribution in [0, 0.1) is 23.7 Å². The summed E-state index contributed by atoms with van der Waals surface area (Å²) in [5.74, 6) is 2.00. The number of hydrogen-bond acceptors (Lipinski definition) is 4. The Morgan fingerprint density at radius 3 is 2.21 bits per heavy atom. The third kappa shape index (κ3) is 2.60. The lowest BCUT2D eigenvalue weighted by Gasteiger charge is -2.23. The van der Waals surface area contributed by atoms with Crippen molar-refractivity contribution in [3.8, 4) is 0 Å². The van der Waals surface area contributed by atoms with Crippen LogP contribution in [-0.2, 0) is 19.1 Å². The van der Waals surface area contributed by atoms with E-state index >= 15 is 0 Å². The highest BCUT2D eigenvalue weighted by Gasteiger charge is 2.52. The van der Waals surface area contributed by atoms with E-state index in [-0.39, 0.29) is 18.6 Å². The number of fused-ring (bicyclic) bond motifs is 5. The van der Waals surface area contributed by atoms with Crippen molar-refractivity contribution in [2.45, 2.75) is 38.2 Å². The van der Waals surface area contributed by atoms with E-state index in [1.54, 1.807) is 0 Å². The van der Waals surface area contributed by atoms with Crippen molar-refractivity contribution in [3.63, 3.8) is 0 Å². The maximum absolute atomic E-state index is 11.6. The zero-order valence-electron chi connectivity index (χ0n) is 10.8. The smallest absolute Gasteiger partial charge is 0.344 e. The maximum Gasteiger partial charge on any atom is 0.344 e. The summed E-state index contributed by atoms with van der Waals surface area (Å²) in [5.41, 5.74) is 0. The van der Waals surface area contributed by atoms with Crippen molar-refractivity contribution in [1.82, 2.24) is 0 Å². The van der Waals surface area contributed by atoms with Gasteiger partial charge in [0.2, 0.25) is 0 Å². The number of carbonyl (C=O) groups excluding carboxylic acids is 2. The Morgan fingerprint density at radius 2 is 1.63 bits per heavy atom. The third-order valence-electron chi connectivity index (χ3n) is 5.10. The molecule has 0 heterocycles. The summed E-state index contributed by atoms with van der Waals surface area (Å²) in [6.07, 6.45) is 6.14. The molecule has 106 valence electrons. The summed E-state index contributed by atoms with van der Waals surface area (Å²) >= 11 is 5.28. The summed E-state index contributed by atoms with van der Waals surface area (Å²) < 4.78 is 10.1. The fourth-order valence-corrected chi connectivity index (χ4v) is 4.54. The summed E-state index contributed by atoms with van der Waals surface area (Å²) in [5, 5.41) is 0. The van der Waals surface area contributed by atoms with Crippen molar-refractivity contribution >= 4 is 23.5 Å². The molecule has 3 aliphatic carbocycles. The zero-order valence-corrected chi connectivity index (χ0v) is 11.6. The van der Waals surface area contributed by atoms with E-state index in [0.29, 0.717) is 0 Å². The molecule has 5 heteroatoms. The van der Waals surface area contributed by atoms with Crippen molar-refractivity contribution in [2.24, 2.45) is 23.7 Å². The number of rotatable bonds is 4. The molecule has 4 nitrogen and oxygen atoms in total. The molecule has 0 aliphatic heterocycles. The van der Waals surface area contributed by atoms with Gasteiger partial charge in [-0.05, 0) is 55.8 Å². The fraction of sp³-hybridized carbons (Fsp3) is 0.857. The molecule has 0 saturated heterocycles. The first-order chi connectivity index (χ1) is 9.17. The van der Waals surface area contributed by atoms with Gasteiger partial charge in [0.15, 0.2) is 6.61 Å². The predicted octanol–water partition coefficient (Wildman–Crippen LogP) is 2.14. The fourth-order valence-electron chi connectivity index (χ4n) is 4.46. The Morgan fingerprint density at radius 1 is 1.00 bits per heavy atom. The van der Waals surface area contributed by atoms with E-state index in [2.05, 4.69) is 4.74 Å². The topological polar surface area (TPSA) is 52.6 Å². The molecule has 3 rings (SSSR count). The molecular weight excluding hydrogens is 268 g/mol. The van der Waals surface area contributed by atoms with Gasteiger partial charge >= 0.3 is 11.9 Å². The quantitative estimate of drug-likeness (QED) is 0.587. The third-order valence-corrected chi connectivity index (χ3v) is 5.32. The Kier molecular flexibility index (Phi) is 3.70. The highest BCUT2D eigenvalue weighted by atomic mass is 35.5. The normalized spacial score (nSPS) is 39.1. The van der Waals surface area contributed by atoms with Gasteiger partial charge in [-0.15, -0.1) is 11.6 Å². The standard InChI is InChI=1S/C14H19ClO4/c15-6-13(16)18-7-14(17)19-10-4-11-8-1-2-9(3-8)12(11)5-10/h8-12H,1-7H2. The second-order valence-electron chi connectivity index (χ2n) is 6.04. The molecule has 0 aromatic rings. The van der Waals surface area contributed by atoms with Gasteiger partial charge in [-0.2, -0.15) is 0 Å². The van der Waals surface area contributed by atoms with Gasteiger partial charge in [-0.3, -0.25) is 4.79 Å². The molecule has 0 radical (unpaired) electrons. The van der Waals surface area contributed by atoms with Gasteiger partial charge in [-0.25, -0.2) is 4.79 Å². The SMILES string of the molecule is O=C(CCl)OCC(=O)OC1CC2C3CCC(C3)C2C1. The van der Waals surface area contributed by atoms with Gasteiger partial charge in [0.05, 0.1) is 0 Å². The van der Waals surface area contributed by atoms with Gasteiger partial charge in [0.1, 0.15) is 12.0 Å². The lowest BCUT2D eigenvalue weighted by atomic mass is 9.82. The van der Waals surface area contributed by atoms with Crippen LogP contribution in [0.2, 0.25) is 0 Å². The molecule has 4 unspecified atom stereocenters. The Labute approximate surface area is 117 Å². The second kappa shape index (κ2) is 5.31. The molecule has 0 aromatic carbocycles. The average molecular weight is 287 g/mol. The van der Waals surface area contributed by atoms with Crippen molar-refractivity contribution < 1.29 is 19.1 Å². The lowest BCUT2D eigenvalue weighted by Crippen LogP contribution is -2.22. The van der Waals surface area contributed by atoms with E-state index in [9.17, 15) is 9.59 Å². The van der Waals surface area contributed by atoms with Crippen LogP contribution in [0.4, 0.5) is 0 Å². The summed E-state index contributed by atoms with van der Waals surface area (Å²) in [4.78, 5) is 22.4. The first kappa shape index (κ1) is 13.2. The minimum absolute atomic E-state index is 0.0283. The highest BCUT2D eigenvalue weighted by Crippen LogP contribution is 2.59. The zero-order chi connectivity index (χ0) is 13.4. The van der Waals surface area contributed by atoms with Crippen LogP contribution >= 0.6 is 11.6 Å². The maximum atomic E-state index is 11.6. The summed E-state index contributed by atoms with van der Waals surface area (Å²) in [6, 6.07) is 0. The molecule has 3 saturated carbocycles. The Bertz CT molecular complexity index is 366. The molecule has 4 atom stereocenters. The lowest BCUT2D eigenvalue weighted by molar-refractivity contribution is -0.161. The van der Waals surface area contributed by atoms with E-state index in [1.807, 2.05) is 0 Å². The molecule has 3 fully saturated rings. The first-order valence-electron chi connectivity index (χ1n) is 7.08. The van der Waals surface area contributed by atoms with Crippen LogP contribution < -0.4 is 0 Å².